The van der Waals surface area contributed by atoms with Gasteiger partial charge in [0.25, 0.3) is 5.91 Å². The molecule has 0 atom stereocenters. The van der Waals surface area contributed by atoms with E-state index in [0.29, 0.717) is 0 Å². The second-order valence-corrected chi connectivity index (χ2v) is 5.39. The molecule has 4 nitrogen and oxygen atoms in total. The molecule has 0 bridgehead atoms. The Labute approximate surface area is 126 Å². The van der Waals surface area contributed by atoms with E-state index in [-0.39, 0.29) is 11.7 Å². The van der Waals surface area contributed by atoms with Gasteiger partial charge < -0.3 is 4.90 Å². The number of amides is 1. The summed E-state index contributed by atoms with van der Waals surface area (Å²) in [5.41, 5.74) is 1.31. The van der Waals surface area contributed by atoms with Crippen molar-refractivity contribution in [1.82, 2.24) is 4.90 Å². The van der Waals surface area contributed by atoms with Crippen molar-refractivity contribution >= 4 is 18.0 Å². The van der Waals surface area contributed by atoms with Crippen LogP contribution in [0.15, 0.2) is 35.3 Å². The van der Waals surface area contributed by atoms with E-state index in [1.165, 1.54) is 12.0 Å². The molecular formula is C17H23N3O. The smallest absolute Gasteiger partial charge is 0.291 e. The number of unbranched alkanes of at least 4 members (excludes halogenated alkanes) is 1. The zero-order valence-corrected chi connectivity index (χ0v) is 12.4. The van der Waals surface area contributed by atoms with Crippen LogP contribution < -0.4 is 0 Å². The third-order valence-corrected chi connectivity index (χ3v) is 3.71. The number of nitrogens with zero attached hydrogens (tertiary/aromatic N) is 2. The molecule has 1 aliphatic heterocycles. The summed E-state index contributed by atoms with van der Waals surface area (Å²) >= 11 is 0. The summed E-state index contributed by atoms with van der Waals surface area (Å²) in [6.07, 6.45) is 7.75. The Morgan fingerprint density at radius 2 is 1.90 bits per heavy atom. The number of benzene rings is 1. The number of rotatable bonds is 4. The number of amidine groups is 1. The number of nitrogens with one attached hydrogen (secondary N) is 1. The maximum atomic E-state index is 12.0. The van der Waals surface area contributed by atoms with Crippen LogP contribution in [0.1, 0.15) is 37.7 Å². The number of carbonyl (C=O) groups excluding carboxylic acids is 1. The molecule has 0 aromatic heterocycles. The summed E-state index contributed by atoms with van der Waals surface area (Å²) in [4.78, 5) is 17.7. The van der Waals surface area contributed by atoms with Gasteiger partial charge in [0.15, 0.2) is 0 Å². The van der Waals surface area contributed by atoms with Crippen LogP contribution in [0, 0.1) is 5.41 Å². The fourth-order valence-corrected chi connectivity index (χ4v) is 2.50. The van der Waals surface area contributed by atoms with Crippen LogP contribution >= 0.6 is 0 Å². The minimum atomic E-state index is -0.228. The van der Waals surface area contributed by atoms with Gasteiger partial charge in [0.05, 0.1) is 0 Å². The van der Waals surface area contributed by atoms with Gasteiger partial charge in [-0.25, -0.2) is 4.99 Å². The first kappa shape index (κ1) is 15.4. The molecule has 0 saturated carbocycles. The lowest BCUT2D eigenvalue weighted by atomic mass is 10.1. The highest BCUT2D eigenvalue weighted by atomic mass is 16.2. The van der Waals surface area contributed by atoms with Crippen molar-refractivity contribution in [3.63, 3.8) is 0 Å². The average molecular weight is 285 g/mol. The maximum absolute atomic E-state index is 12.0. The molecule has 1 N–H and O–H groups in total. The third kappa shape index (κ3) is 5.14. The van der Waals surface area contributed by atoms with Gasteiger partial charge in [-0.2, -0.15) is 0 Å². The predicted molar refractivity (Wildman–Crippen MR) is 86.0 cm³/mol. The van der Waals surface area contributed by atoms with E-state index in [1.54, 1.807) is 11.1 Å². The fourth-order valence-electron chi connectivity index (χ4n) is 2.50. The SMILES string of the molecule is N=C(/N=C/CCCc1ccccc1)C(=O)N1CCCCC1. The third-order valence-electron chi connectivity index (χ3n) is 3.71. The van der Waals surface area contributed by atoms with E-state index in [0.717, 1.165) is 45.2 Å². The van der Waals surface area contributed by atoms with E-state index in [9.17, 15) is 4.79 Å². The summed E-state index contributed by atoms with van der Waals surface area (Å²) in [5.74, 6) is -0.356. The molecule has 1 aromatic rings. The standard InChI is InChI=1S/C17H23N3O/c18-16(17(21)20-13-7-2-8-14-20)19-12-6-5-11-15-9-3-1-4-10-15/h1,3-4,9-10,12,18H,2,5-8,11,13-14H2/b18-16?,19-12+. The van der Waals surface area contributed by atoms with Gasteiger partial charge in [-0.3, -0.25) is 10.2 Å². The van der Waals surface area contributed by atoms with Crippen LogP contribution in [0.4, 0.5) is 0 Å². The Bertz CT molecular complexity index is 490. The van der Waals surface area contributed by atoms with Crippen molar-refractivity contribution in [2.75, 3.05) is 13.1 Å². The number of hydrogen-bond acceptors (Lipinski definition) is 2. The van der Waals surface area contributed by atoms with Crippen LogP contribution in [0.25, 0.3) is 0 Å². The lowest BCUT2D eigenvalue weighted by Gasteiger charge is -2.25. The number of aryl methyl sites for hydroxylation is 1. The van der Waals surface area contributed by atoms with Crippen molar-refractivity contribution < 1.29 is 4.79 Å². The van der Waals surface area contributed by atoms with Gasteiger partial charge in [-0.05, 0) is 44.1 Å². The van der Waals surface area contributed by atoms with Gasteiger partial charge in [-0.1, -0.05) is 30.3 Å². The molecule has 1 aromatic carbocycles. The molecule has 1 amide bonds. The lowest BCUT2D eigenvalue weighted by molar-refractivity contribution is -0.125. The van der Waals surface area contributed by atoms with Crippen LogP contribution in [0.2, 0.25) is 0 Å². The molecule has 21 heavy (non-hydrogen) atoms. The summed E-state index contributed by atoms with van der Waals surface area (Å²) < 4.78 is 0. The van der Waals surface area contributed by atoms with E-state index in [4.69, 9.17) is 5.41 Å². The minimum absolute atomic E-state index is 0.128. The van der Waals surface area contributed by atoms with Crippen molar-refractivity contribution in [2.45, 2.75) is 38.5 Å². The first-order chi connectivity index (χ1) is 10.3. The van der Waals surface area contributed by atoms with Gasteiger partial charge >= 0.3 is 0 Å². The Kier molecular flexibility index (Phi) is 6.13. The largest absolute Gasteiger partial charge is 0.336 e. The van der Waals surface area contributed by atoms with E-state index >= 15 is 0 Å². The van der Waals surface area contributed by atoms with Crippen LogP contribution in [0.5, 0.6) is 0 Å². The van der Waals surface area contributed by atoms with E-state index in [1.807, 2.05) is 18.2 Å². The summed E-state index contributed by atoms with van der Waals surface area (Å²) in [5, 5.41) is 7.74. The average Bonchev–Trinajstić information content (AvgIpc) is 2.55. The molecule has 0 unspecified atom stereocenters. The second-order valence-electron chi connectivity index (χ2n) is 5.39. The zero-order chi connectivity index (χ0) is 14.9. The first-order valence-corrected chi connectivity index (χ1v) is 7.71. The molecule has 0 radical (unpaired) electrons. The maximum Gasteiger partial charge on any atom is 0.291 e. The molecule has 0 aliphatic carbocycles. The number of carbonyl (C=O) groups is 1. The minimum Gasteiger partial charge on any atom is -0.336 e. The zero-order valence-electron chi connectivity index (χ0n) is 12.4. The summed E-state index contributed by atoms with van der Waals surface area (Å²) in [6, 6.07) is 10.3. The molecule has 1 saturated heterocycles. The molecule has 112 valence electrons. The number of piperidine rings is 1. The van der Waals surface area contributed by atoms with Crippen molar-refractivity contribution in [3.05, 3.63) is 35.9 Å². The van der Waals surface area contributed by atoms with Crippen LogP contribution in [0.3, 0.4) is 0 Å². The normalized spacial score (nSPS) is 15.3. The molecule has 4 heteroatoms. The predicted octanol–water partition coefficient (Wildman–Crippen LogP) is 3.07. The van der Waals surface area contributed by atoms with Crippen molar-refractivity contribution in [2.24, 2.45) is 4.99 Å². The summed E-state index contributed by atoms with van der Waals surface area (Å²) in [6.45, 7) is 1.54. The Balaban J connectivity index is 1.68. The quantitative estimate of drug-likeness (QED) is 0.516. The Morgan fingerprint density at radius 1 is 1.19 bits per heavy atom. The van der Waals surface area contributed by atoms with E-state index < -0.39 is 0 Å². The highest BCUT2D eigenvalue weighted by Crippen LogP contribution is 2.09. The number of aliphatic imine (C=N–C) groups is 1. The van der Waals surface area contributed by atoms with Gasteiger partial charge in [0.1, 0.15) is 0 Å². The van der Waals surface area contributed by atoms with Crippen LogP contribution in [-0.2, 0) is 11.2 Å². The molecule has 1 fully saturated rings. The molecular weight excluding hydrogens is 262 g/mol. The molecule has 1 aliphatic rings. The lowest BCUT2D eigenvalue weighted by Crippen LogP contribution is -2.39. The number of hydrogen-bond donors (Lipinski definition) is 1. The fraction of sp³-hybridized carbons (Fsp3) is 0.471. The first-order valence-electron chi connectivity index (χ1n) is 7.71. The monoisotopic (exact) mass is 285 g/mol. The molecule has 2 rings (SSSR count). The van der Waals surface area contributed by atoms with Crippen molar-refractivity contribution in [3.8, 4) is 0 Å². The molecule has 1 heterocycles. The topological polar surface area (TPSA) is 56.5 Å². The Hall–Kier alpha value is -1.97. The van der Waals surface area contributed by atoms with Crippen molar-refractivity contribution in [1.29, 1.82) is 5.41 Å². The second kappa shape index (κ2) is 8.35. The summed E-state index contributed by atoms with van der Waals surface area (Å²) in [7, 11) is 0. The number of likely N-dealkylation sites (tertiary alicyclic amines) is 1. The van der Waals surface area contributed by atoms with Gasteiger partial charge in [-0.15, -0.1) is 0 Å². The van der Waals surface area contributed by atoms with Gasteiger partial charge in [0.2, 0.25) is 5.84 Å². The Morgan fingerprint density at radius 3 is 2.62 bits per heavy atom. The van der Waals surface area contributed by atoms with E-state index in [2.05, 4.69) is 17.1 Å². The highest BCUT2D eigenvalue weighted by Gasteiger charge is 2.19. The molecule has 0 spiro atoms. The van der Waals surface area contributed by atoms with Gasteiger partial charge in [0, 0.05) is 19.3 Å². The highest BCUT2D eigenvalue weighted by molar-refractivity contribution is 6.37. The van der Waals surface area contributed by atoms with Crippen LogP contribution in [-0.4, -0.2) is 35.9 Å².